The molecular formula is C19H14F3NO3. The third-order valence-corrected chi connectivity index (χ3v) is 3.70. The van der Waals surface area contributed by atoms with Gasteiger partial charge in [-0.15, -0.1) is 0 Å². The van der Waals surface area contributed by atoms with Crippen LogP contribution in [0.25, 0.3) is 11.5 Å². The summed E-state index contributed by atoms with van der Waals surface area (Å²) < 4.78 is 49.6. The molecule has 0 bridgehead atoms. The van der Waals surface area contributed by atoms with Gasteiger partial charge in [-0.3, -0.25) is 4.79 Å². The first-order valence-electron chi connectivity index (χ1n) is 7.69. The van der Waals surface area contributed by atoms with E-state index in [9.17, 15) is 18.0 Å². The number of oxazole rings is 1. The van der Waals surface area contributed by atoms with E-state index in [1.807, 2.05) is 0 Å². The van der Waals surface area contributed by atoms with Crippen molar-refractivity contribution in [2.45, 2.75) is 19.7 Å². The van der Waals surface area contributed by atoms with Crippen molar-refractivity contribution < 1.29 is 27.1 Å². The Bertz CT molecular complexity index is 932. The molecule has 0 atom stereocenters. The summed E-state index contributed by atoms with van der Waals surface area (Å²) in [6, 6.07) is 11.4. The SMILES string of the molecule is Cc1oc(-c2cccc(C(F)(F)F)c2)nc1COc1cccc(C=O)c1. The molecule has 0 saturated carbocycles. The second-order valence-electron chi connectivity index (χ2n) is 5.58. The van der Waals surface area contributed by atoms with Crippen LogP contribution in [0.2, 0.25) is 0 Å². The molecule has 0 amide bonds. The molecule has 0 spiro atoms. The molecule has 1 aromatic heterocycles. The first-order chi connectivity index (χ1) is 12.4. The molecule has 7 heteroatoms. The van der Waals surface area contributed by atoms with Crippen LogP contribution < -0.4 is 4.74 Å². The zero-order chi connectivity index (χ0) is 18.7. The quantitative estimate of drug-likeness (QED) is 0.596. The molecule has 3 rings (SSSR count). The summed E-state index contributed by atoms with van der Waals surface area (Å²) in [7, 11) is 0. The number of hydrogen-bond acceptors (Lipinski definition) is 4. The van der Waals surface area contributed by atoms with E-state index in [4.69, 9.17) is 9.15 Å². The van der Waals surface area contributed by atoms with E-state index in [1.54, 1.807) is 31.2 Å². The zero-order valence-electron chi connectivity index (χ0n) is 13.7. The van der Waals surface area contributed by atoms with Crippen molar-refractivity contribution in [3.05, 3.63) is 71.1 Å². The first-order valence-corrected chi connectivity index (χ1v) is 7.69. The molecule has 0 unspecified atom stereocenters. The van der Waals surface area contributed by atoms with Gasteiger partial charge in [0.1, 0.15) is 30.1 Å². The predicted octanol–water partition coefficient (Wildman–Crippen LogP) is 5.06. The molecule has 4 nitrogen and oxygen atoms in total. The van der Waals surface area contributed by atoms with Crippen molar-refractivity contribution >= 4 is 6.29 Å². The standard InChI is InChI=1S/C19H14F3NO3/c1-12-17(11-25-16-7-2-4-13(8-16)10-24)23-18(26-12)14-5-3-6-15(9-14)19(20,21)22/h2-10H,11H2,1H3. The van der Waals surface area contributed by atoms with Gasteiger partial charge in [0.2, 0.25) is 5.89 Å². The Kier molecular flexibility index (Phi) is 4.79. The van der Waals surface area contributed by atoms with Crippen LogP contribution >= 0.6 is 0 Å². The average Bonchev–Trinajstić information content (AvgIpc) is 3.00. The van der Waals surface area contributed by atoms with E-state index >= 15 is 0 Å². The molecule has 0 N–H and O–H groups in total. The van der Waals surface area contributed by atoms with Gasteiger partial charge in [-0.05, 0) is 37.3 Å². The minimum Gasteiger partial charge on any atom is -0.487 e. The minimum atomic E-state index is -4.44. The average molecular weight is 361 g/mol. The van der Waals surface area contributed by atoms with Crippen LogP contribution in [0.1, 0.15) is 27.4 Å². The second kappa shape index (κ2) is 7.03. The van der Waals surface area contributed by atoms with Gasteiger partial charge in [0.15, 0.2) is 0 Å². The molecule has 0 aliphatic heterocycles. The van der Waals surface area contributed by atoms with Crippen LogP contribution in [0.4, 0.5) is 13.2 Å². The molecule has 0 radical (unpaired) electrons. The van der Waals surface area contributed by atoms with Crippen LogP contribution in [0.3, 0.4) is 0 Å². The number of rotatable bonds is 5. The number of ether oxygens (including phenoxy) is 1. The summed E-state index contributed by atoms with van der Waals surface area (Å²) in [6.45, 7) is 1.72. The Balaban J connectivity index is 1.80. The molecule has 0 aliphatic rings. The Morgan fingerprint density at radius 2 is 1.92 bits per heavy atom. The number of aryl methyl sites for hydroxylation is 1. The molecule has 0 fully saturated rings. The lowest BCUT2D eigenvalue weighted by Crippen LogP contribution is -2.04. The normalized spacial score (nSPS) is 11.4. The fraction of sp³-hybridized carbons (Fsp3) is 0.158. The number of carbonyl (C=O) groups excluding carboxylic acids is 1. The summed E-state index contributed by atoms with van der Waals surface area (Å²) in [5, 5.41) is 0. The van der Waals surface area contributed by atoms with Gasteiger partial charge in [0.05, 0.1) is 5.56 Å². The Hall–Kier alpha value is -3.09. The van der Waals surface area contributed by atoms with E-state index in [-0.39, 0.29) is 18.1 Å². The van der Waals surface area contributed by atoms with E-state index in [0.29, 0.717) is 29.1 Å². The van der Waals surface area contributed by atoms with Crippen molar-refractivity contribution in [1.29, 1.82) is 0 Å². The summed E-state index contributed by atoms with van der Waals surface area (Å²) in [4.78, 5) is 15.0. The number of hydrogen-bond donors (Lipinski definition) is 0. The number of nitrogens with zero attached hydrogens (tertiary/aromatic N) is 1. The maximum Gasteiger partial charge on any atom is 0.416 e. The second-order valence-corrected chi connectivity index (χ2v) is 5.58. The number of carbonyl (C=O) groups is 1. The zero-order valence-corrected chi connectivity index (χ0v) is 13.7. The maximum atomic E-state index is 12.8. The number of aldehydes is 1. The summed E-state index contributed by atoms with van der Waals surface area (Å²) >= 11 is 0. The number of benzene rings is 2. The van der Waals surface area contributed by atoms with E-state index < -0.39 is 11.7 Å². The van der Waals surface area contributed by atoms with Crippen molar-refractivity contribution in [3.63, 3.8) is 0 Å². The van der Waals surface area contributed by atoms with Gasteiger partial charge in [-0.25, -0.2) is 4.98 Å². The monoisotopic (exact) mass is 361 g/mol. The lowest BCUT2D eigenvalue weighted by molar-refractivity contribution is -0.137. The van der Waals surface area contributed by atoms with Gasteiger partial charge in [-0.1, -0.05) is 18.2 Å². The maximum absolute atomic E-state index is 12.8. The number of aromatic nitrogens is 1. The first kappa shape index (κ1) is 17.7. The van der Waals surface area contributed by atoms with Gasteiger partial charge in [0, 0.05) is 11.1 Å². The van der Waals surface area contributed by atoms with Crippen molar-refractivity contribution in [1.82, 2.24) is 4.98 Å². The molecule has 1 heterocycles. The van der Waals surface area contributed by atoms with Crippen molar-refractivity contribution in [2.24, 2.45) is 0 Å². The van der Waals surface area contributed by atoms with Gasteiger partial charge >= 0.3 is 6.18 Å². The third-order valence-electron chi connectivity index (χ3n) is 3.70. The highest BCUT2D eigenvalue weighted by Gasteiger charge is 2.30. The van der Waals surface area contributed by atoms with Crippen LogP contribution in [-0.2, 0) is 12.8 Å². The Morgan fingerprint density at radius 3 is 2.65 bits per heavy atom. The third kappa shape index (κ3) is 3.93. The van der Waals surface area contributed by atoms with Crippen LogP contribution in [0, 0.1) is 6.92 Å². The smallest absolute Gasteiger partial charge is 0.416 e. The van der Waals surface area contributed by atoms with Crippen molar-refractivity contribution in [2.75, 3.05) is 0 Å². The van der Waals surface area contributed by atoms with Gasteiger partial charge in [-0.2, -0.15) is 13.2 Å². The highest BCUT2D eigenvalue weighted by atomic mass is 19.4. The van der Waals surface area contributed by atoms with Gasteiger partial charge < -0.3 is 9.15 Å². The summed E-state index contributed by atoms with van der Waals surface area (Å²) in [5.41, 5.74) is 0.407. The molecule has 3 aromatic rings. The lowest BCUT2D eigenvalue weighted by atomic mass is 10.1. The molecule has 2 aromatic carbocycles. The van der Waals surface area contributed by atoms with Crippen LogP contribution in [0.15, 0.2) is 52.9 Å². The largest absolute Gasteiger partial charge is 0.487 e. The molecule has 134 valence electrons. The van der Waals surface area contributed by atoms with E-state index in [1.165, 1.54) is 12.1 Å². The lowest BCUT2D eigenvalue weighted by Gasteiger charge is -2.06. The molecule has 26 heavy (non-hydrogen) atoms. The minimum absolute atomic E-state index is 0.0661. The number of halogens is 3. The van der Waals surface area contributed by atoms with Crippen LogP contribution in [0.5, 0.6) is 5.75 Å². The van der Waals surface area contributed by atoms with Crippen molar-refractivity contribution in [3.8, 4) is 17.2 Å². The molecular weight excluding hydrogens is 347 g/mol. The summed E-state index contributed by atoms with van der Waals surface area (Å²) in [6.07, 6.45) is -3.73. The topological polar surface area (TPSA) is 52.3 Å². The Labute approximate surface area is 147 Å². The number of alkyl halides is 3. The molecule has 0 aliphatic carbocycles. The molecule has 0 saturated heterocycles. The Morgan fingerprint density at radius 1 is 1.15 bits per heavy atom. The highest BCUT2D eigenvalue weighted by molar-refractivity contribution is 5.75. The summed E-state index contributed by atoms with van der Waals surface area (Å²) in [5.74, 6) is 1.02. The highest BCUT2D eigenvalue weighted by Crippen LogP contribution is 2.32. The van der Waals surface area contributed by atoms with Gasteiger partial charge in [0.25, 0.3) is 0 Å². The fourth-order valence-corrected chi connectivity index (χ4v) is 2.34. The van der Waals surface area contributed by atoms with E-state index in [0.717, 1.165) is 12.1 Å². The fourth-order valence-electron chi connectivity index (χ4n) is 2.34. The van der Waals surface area contributed by atoms with Crippen LogP contribution in [-0.4, -0.2) is 11.3 Å². The van der Waals surface area contributed by atoms with E-state index in [2.05, 4.69) is 4.98 Å². The predicted molar refractivity (Wildman–Crippen MR) is 87.8 cm³/mol.